The Morgan fingerprint density at radius 2 is 2.15 bits per heavy atom. The first kappa shape index (κ1) is 14.3. The van der Waals surface area contributed by atoms with Gasteiger partial charge in [-0.3, -0.25) is 0 Å². The average Bonchev–Trinajstić information content (AvgIpc) is 2.91. The van der Waals surface area contributed by atoms with Crippen molar-refractivity contribution >= 4 is 39.5 Å². The predicted molar refractivity (Wildman–Crippen MR) is 86.2 cm³/mol. The van der Waals surface area contributed by atoms with Gasteiger partial charge in [0.05, 0.1) is 10.8 Å². The Kier molecular flexibility index (Phi) is 4.28. The molecule has 0 radical (unpaired) electrons. The summed E-state index contributed by atoms with van der Waals surface area (Å²) in [5, 5.41) is 14.7. The van der Waals surface area contributed by atoms with E-state index in [1.165, 1.54) is 5.75 Å². The molecule has 1 saturated heterocycles. The van der Waals surface area contributed by atoms with Gasteiger partial charge in [0.1, 0.15) is 5.75 Å². The fourth-order valence-electron chi connectivity index (χ4n) is 2.06. The number of halogens is 1. The Morgan fingerprint density at radius 3 is 2.95 bits per heavy atom. The van der Waals surface area contributed by atoms with Gasteiger partial charge in [0.2, 0.25) is 0 Å². The van der Waals surface area contributed by atoms with E-state index < -0.39 is 0 Å². The van der Waals surface area contributed by atoms with Crippen LogP contribution in [0.4, 0.5) is 0 Å². The molecule has 3 rings (SSSR count). The Morgan fingerprint density at radius 1 is 1.35 bits per heavy atom. The van der Waals surface area contributed by atoms with Gasteiger partial charge in [-0.05, 0) is 18.2 Å². The molecule has 1 aromatic heterocycles. The SMILES string of the molecule is CC1SCCSC1c1noc(-c2cc(Br)ccc2O)n1. The largest absolute Gasteiger partial charge is 0.507 e. The highest BCUT2D eigenvalue weighted by Crippen LogP contribution is 2.42. The van der Waals surface area contributed by atoms with Crippen LogP contribution >= 0.6 is 39.5 Å². The molecule has 2 unspecified atom stereocenters. The summed E-state index contributed by atoms with van der Waals surface area (Å²) in [6.07, 6.45) is 0. The molecule has 2 aromatic rings. The van der Waals surface area contributed by atoms with Gasteiger partial charge in [-0.2, -0.15) is 16.7 Å². The van der Waals surface area contributed by atoms with Gasteiger partial charge in [0.15, 0.2) is 5.82 Å². The molecule has 1 aromatic carbocycles. The lowest BCUT2D eigenvalue weighted by Crippen LogP contribution is -2.16. The van der Waals surface area contributed by atoms with Crippen LogP contribution in [0.1, 0.15) is 18.0 Å². The Labute approximate surface area is 133 Å². The zero-order valence-electron chi connectivity index (χ0n) is 10.7. The summed E-state index contributed by atoms with van der Waals surface area (Å²) < 4.78 is 6.19. The predicted octanol–water partition coefficient (Wildman–Crippen LogP) is 4.11. The van der Waals surface area contributed by atoms with Gasteiger partial charge in [-0.15, -0.1) is 11.8 Å². The minimum absolute atomic E-state index is 0.141. The van der Waals surface area contributed by atoms with E-state index in [0.29, 0.717) is 22.5 Å². The third kappa shape index (κ3) is 2.84. The molecule has 0 bridgehead atoms. The Balaban J connectivity index is 1.91. The van der Waals surface area contributed by atoms with Crippen molar-refractivity contribution in [3.8, 4) is 17.2 Å². The molecule has 20 heavy (non-hydrogen) atoms. The maximum absolute atomic E-state index is 9.90. The van der Waals surface area contributed by atoms with Crippen LogP contribution in [0.5, 0.6) is 5.75 Å². The smallest absolute Gasteiger partial charge is 0.261 e. The zero-order valence-corrected chi connectivity index (χ0v) is 14.0. The average molecular weight is 373 g/mol. The second-order valence-corrected chi connectivity index (χ2v) is 8.14. The first-order valence-corrected chi connectivity index (χ1v) is 9.10. The highest BCUT2D eigenvalue weighted by atomic mass is 79.9. The topological polar surface area (TPSA) is 59.2 Å². The molecule has 0 aliphatic carbocycles. The minimum atomic E-state index is 0.141. The summed E-state index contributed by atoms with van der Waals surface area (Å²) in [6.45, 7) is 2.19. The summed E-state index contributed by atoms with van der Waals surface area (Å²) in [5.41, 5.74) is 0.555. The molecule has 2 atom stereocenters. The van der Waals surface area contributed by atoms with Crippen LogP contribution in [0.25, 0.3) is 11.5 Å². The third-order valence-electron chi connectivity index (χ3n) is 3.07. The summed E-state index contributed by atoms with van der Waals surface area (Å²) in [7, 11) is 0. The number of rotatable bonds is 2. The summed E-state index contributed by atoms with van der Waals surface area (Å²) in [4.78, 5) is 4.46. The molecular weight excluding hydrogens is 360 g/mol. The third-order valence-corrected chi connectivity index (χ3v) is 6.65. The van der Waals surface area contributed by atoms with Crippen LogP contribution in [0.2, 0.25) is 0 Å². The number of aromatic hydroxyl groups is 1. The number of nitrogens with zero attached hydrogens (tertiary/aromatic N) is 2. The summed E-state index contributed by atoms with van der Waals surface area (Å²) in [5.74, 6) is 3.49. The maximum atomic E-state index is 9.90. The van der Waals surface area contributed by atoms with Crippen molar-refractivity contribution < 1.29 is 9.63 Å². The molecule has 4 nitrogen and oxygen atoms in total. The fourth-order valence-corrected chi connectivity index (χ4v) is 5.10. The van der Waals surface area contributed by atoms with Crippen molar-refractivity contribution in [1.82, 2.24) is 10.1 Å². The van der Waals surface area contributed by atoms with Gasteiger partial charge < -0.3 is 9.63 Å². The number of benzene rings is 1. The van der Waals surface area contributed by atoms with E-state index >= 15 is 0 Å². The number of aromatic nitrogens is 2. The van der Waals surface area contributed by atoms with E-state index in [1.807, 2.05) is 23.5 Å². The fraction of sp³-hybridized carbons (Fsp3) is 0.385. The highest BCUT2D eigenvalue weighted by molar-refractivity contribution is 9.10. The van der Waals surface area contributed by atoms with E-state index in [9.17, 15) is 5.11 Å². The molecule has 7 heteroatoms. The molecule has 1 aliphatic rings. The molecule has 106 valence electrons. The van der Waals surface area contributed by atoms with Crippen molar-refractivity contribution in [2.75, 3.05) is 11.5 Å². The monoisotopic (exact) mass is 372 g/mol. The van der Waals surface area contributed by atoms with Gasteiger partial charge >= 0.3 is 0 Å². The summed E-state index contributed by atoms with van der Waals surface area (Å²) in [6, 6.07) is 5.15. The lowest BCUT2D eigenvalue weighted by atomic mass is 10.2. The number of hydrogen-bond donors (Lipinski definition) is 1. The van der Waals surface area contributed by atoms with Crippen molar-refractivity contribution in [1.29, 1.82) is 0 Å². The van der Waals surface area contributed by atoms with Crippen LogP contribution in [-0.4, -0.2) is 32.0 Å². The molecular formula is C13H13BrN2O2S2. The lowest BCUT2D eigenvalue weighted by molar-refractivity contribution is 0.416. The number of phenols is 1. The van der Waals surface area contributed by atoms with Crippen LogP contribution in [0.3, 0.4) is 0 Å². The molecule has 0 spiro atoms. The van der Waals surface area contributed by atoms with Crippen molar-refractivity contribution in [2.24, 2.45) is 0 Å². The molecule has 1 fully saturated rings. The Hall–Kier alpha value is -0.660. The number of thioether (sulfide) groups is 2. The van der Waals surface area contributed by atoms with E-state index in [1.54, 1.807) is 18.2 Å². The van der Waals surface area contributed by atoms with Crippen LogP contribution < -0.4 is 0 Å². The maximum Gasteiger partial charge on any atom is 0.261 e. The second-order valence-electron chi connectivity index (χ2n) is 4.49. The van der Waals surface area contributed by atoms with E-state index in [2.05, 4.69) is 33.0 Å². The molecule has 1 N–H and O–H groups in total. The first-order valence-electron chi connectivity index (χ1n) is 6.21. The van der Waals surface area contributed by atoms with Crippen molar-refractivity contribution in [3.05, 3.63) is 28.5 Å². The van der Waals surface area contributed by atoms with Gasteiger partial charge in [-0.25, -0.2) is 0 Å². The second kappa shape index (κ2) is 5.99. The summed E-state index contributed by atoms with van der Waals surface area (Å²) >= 11 is 7.17. The lowest BCUT2D eigenvalue weighted by Gasteiger charge is -2.24. The number of hydrogen-bond acceptors (Lipinski definition) is 6. The van der Waals surface area contributed by atoms with Gasteiger partial charge in [0, 0.05) is 21.2 Å². The minimum Gasteiger partial charge on any atom is -0.507 e. The molecule has 0 amide bonds. The molecule has 0 saturated carbocycles. The van der Waals surface area contributed by atoms with E-state index in [-0.39, 0.29) is 11.0 Å². The first-order chi connectivity index (χ1) is 9.65. The van der Waals surface area contributed by atoms with Crippen LogP contribution in [0.15, 0.2) is 27.2 Å². The van der Waals surface area contributed by atoms with E-state index in [4.69, 9.17) is 4.52 Å². The Bertz CT molecular complexity index is 620. The van der Waals surface area contributed by atoms with E-state index in [0.717, 1.165) is 10.2 Å². The van der Waals surface area contributed by atoms with Gasteiger partial charge in [0.25, 0.3) is 5.89 Å². The molecule has 1 aliphatic heterocycles. The number of phenolic OH excluding ortho intramolecular Hbond substituents is 1. The van der Waals surface area contributed by atoms with Crippen molar-refractivity contribution in [3.63, 3.8) is 0 Å². The normalized spacial score (nSPS) is 22.9. The van der Waals surface area contributed by atoms with Gasteiger partial charge in [-0.1, -0.05) is 28.0 Å². The molecule has 2 heterocycles. The highest BCUT2D eigenvalue weighted by Gasteiger charge is 2.29. The van der Waals surface area contributed by atoms with Crippen molar-refractivity contribution in [2.45, 2.75) is 17.4 Å². The van der Waals surface area contributed by atoms with Crippen LogP contribution in [0, 0.1) is 0 Å². The zero-order chi connectivity index (χ0) is 14.1. The van der Waals surface area contributed by atoms with Crippen LogP contribution in [-0.2, 0) is 0 Å². The quantitative estimate of drug-likeness (QED) is 0.855. The standard InChI is InChI=1S/C13H13BrN2O2S2/c1-7-11(20-5-4-19-7)12-15-13(18-16-12)9-6-8(14)2-3-10(9)17/h2-3,6-7,11,17H,4-5H2,1H3.